The number of hydrogen-bond acceptors (Lipinski definition) is 1. The van der Waals surface area contributed by atoms with Crippen LogP contribution in [0.15, 0.2) is 30.3 Å². The van der Waals surface area contributed by atoms with Crippen molar-refractivity contribution < 1.29 is 0 Å². The van der Waals surface area contributed by atoms with Crippen molar-refractivity contribution in [2.45, 2.75) is 19.4 Å². The molecular formula is C11H18ClN. The fraction of sp³-hybridized carbons (Fsp3) is 0.455. The first-order chi connectivity index (χ1) is 5.75. The molecule has 1 unspecified atom stereocenters. The van der Waals surface area contributed by atoms with Gasteiger partial charge < -0.3 is 4.90 Å². The maximum atomic E-state index is 2.26. The lowest BCUT2D eigenvalue weighted by Gasteiger charge is -2.22. The maximum absolute atomic E-state index is 2.26. The summed E-state index contributed by atoms with van der Waals surface area (Å²) in [5, 5.41) is 0. The van der Waals surface area contributed by atoms with Crippen LogP contribution in [0.1, 0.15) is 24.9 Å². The molecule has 1 rings (SSSR count). The van der Waals surface area contributed by atoms with Crippen LogP contribution >= 0.6 is 12.4 Å². The second-order valence-electron chi connectivity index (χ2n) is 3.30. The van der Waals surface area contributed by atoms with Crippen molar-refractivity contribution in [2.75, 3.05) is 14.1 Å². The van der Waals surface area contributed by atoms with E-state index in [1.54, 1.807) is 0 Å². The van der Waals surface area contributed by atoms with Gasteiger partial charge in [0.2, 0.25) is 0 Å². The number of halogens is 1. The van der Waals surface area contributed by atoms with Crippen LogP contribution in [0.2, 0.25) is 0 Å². The van der Waals surface area contributed by atoms with E-state index in [9.17, 15) is 0 Å². The minimum Gasteiger partial charge on any atom is -0.302 e. The Balaban J connectivity index is 0.00000144. The Hall–Kier alpha value is -0.530. The second-order valence-corrected chi connectivity index (χ2v) is 3.30. The van der Waals surface area contributed by atoms with Crippen LogP contribution in [0.4, 0.5) is 0 Å². The molecule has 0 spiro atoms. The summed E-state index contributed by atoms with van der Waals surface area (Å²) < 4.78 is 0. The van der Waals surface area contributed by atoms with Gasteiger partial charge in [-0.2, -0.15) is 0 Å². The zero-order chi connectivity index (χ0) is 8.97. The van der Waals surface area contributed by atoms with Crippen LogP contribution in [0.25, 0.3) is 0 Å². The summed E-state index contributed by atoms with van der Waals surface area (Å²) in [6, 6.07) is 11.2. The summed E-state index contributed by atoms with van der Waals surface area (Å²) in [5.74, 6) is 0. The van der Waals surface area contributed by atoms with Crippen molar-refractivity contribution in [2.24, 2.45) is 0 Å². The van der Waals surface area contributed by atoms with E-state index in [4.69, 9.17) is 0 Å². The van der Waals surface area contributed by atoms with Gasteiger partial charge in [0.25, 0.3) is 0 Å². The number of hydrogen-bond donors (Lipinski definition) is 0. The van der Waals surface area contributed by atoms with Crippen molar-refractivity contribution >= 4 is 12.4 Å². The van der Waals surface area contributed by atoms with E-state index in [1.165, 1.54) is 5.56 Å². The molecular weight excluding hydrogens is 182 g/mol. The molecule has 0 saturated heterocycles. The van der Waals surface area contributed by atoms with Gasteiger partial charge >= 0.3 is 0 Å². The van der Waals surface area contributed by atoms with Gasteiger partial charge in [-0.25, -0.2) is 0 Å². The summed E-state index contributed by atoms with van der Waals surface area (Å²) in [4.78, 5) is 2.26. The fourth-order valence-electron chi connectivity index (χ4n) is 1.57. The quantitative estimate of drug-likeness (QED) is 0.723. The average Bonchev–Trinajstić information content (AvgIpc) is 2.07. The lowest BCUT2D eigenvalue weighted by atomic mass is 10.0. The molecule has 74 valence electrons. The molecule has 1 nitrogen and oxygen atoms in total. The maximum Gasteiger partial charge on any atom is 0.0339 e. The Bertz CT molecular complexity index is 221. The van der Waals surface area contributed by atoms with Crippen LogP contribution in [0.3, 0.4) is 0 Å². The van der Waals surface area contributed by atoms with E-state index < -0.39 is 0 Å². The highest BCUT2D eigenvalue weighted by atomic mass is 35.5. The molecule has 1 aromatic carbocycles. The Morgan fingerprint density at radius 3 is 2.08 bits per heavy atom. The first-order valence-corrected chi connectivity index (χ1v) is 4.47. The van der Waals surface area contributed by atoms with Gasteiger partial charge in [-0.3, -0.25) is 0 Å². The van der Waals surface area contributed by atoms with Crippen LogP contribution < -0.4 is 0 Å². The Morgan fingerprint density at radius 2 is 1.69 bits per heavy atom. The third-order valence-electron chi connectivity index (χ3n) is 2.19. The fourth-order valence-corrected chi connectivity index (χ4v) is 1.57. The summed E-state index contributed by atoms with van der Waals surface area (Å²) in [6.45, 7) is 2.22. The van der Waals surface area contributed by atoms with Crippen molar-refractivity contribution in [3.63, 3.8) is 0 Å². The highest BCUT2D eigenvalue weighted by molar-refractivity contribution is 5.85. The molecule has 0 aliphatic rings. The van der Waals surface area contributed by atoms with Crippen LogP contribution in [-0.2, 0) is 0 Å². The van der Waals surface area contributed by atoms with E-state index in [0.717, 1.165) is 6.42 Å². The molecule has 2 heteroatoms. The van der Waals surface area contributed by atoms with Gasteiger partial charge in [0.15, 0.2) is 0 Å². The molecule has 0 saturated carbocycles. The standard InChI is InChI=1S/C11H17N.ClH/c1-4-11(12(2)3)10-8-6-5-7-9-10;/h5-9,11H,4H2,1-3H3;1H. The number of benzene rings is 1. The predicted molar refractivity (Wildman–Crippen MR) is 60.4 cm³/mol. The SMILES string of the molecule is CCC(c1ccccc1)N(C)C.Cl. The minimum atomic E-state index is 0. The van der Waals surface area contributed by atoms with Crippen LogP contribution in [0, 0.1) is 0 Å². The van der Waals surface area contributed by atoms with E-state index in [1.807, 2.05) is 0 Å². The molecule has 0 radical (unpaired) electrons. The minimum absolute atomic E-state index is 0. The second kappa shape index (κ2) is 6.01. The number of nitrogens with zero attached hydrogens (tertiary/aromatic N) is 1. The van der Waals surface area contributed by atoms with Gasteiger partial charge in [-0.15, -0.1) is 12.4 Å². The molecule has 0 amide bonds. The average molecular weight is 200 g/mol. The highest BCUT2D eigenvalue weighted by Crippen LogP contribution is 2.20. The Morgan fingerprint density at radius 1 is 1.15 bits per heavy atom. The van der Waals surface area contributed by atoms with E-state index >= 15 is 0 Å². The summed E-state index contributed by atoms with van der Waals surface area (Å²) in [7, 11) is 4.25. The van der Waals surface area contributed by atoms with Gasteiger partial charge in [0.05, 0.1) is 0 Å². The van der Waals surface area contributed by atoms with Crippen LogP contribution in [0.5, 0.6) is 0 Å². The molecule has 0 heterocycles. The monoisotopic (exact) mass is 199 g/mol. The zero-order valence-electron chi connectivity index (χ0n) is 8.53. The van der Waals surface area contributed by atoms with E-state index in [2.05, 4.69) is 56.3 Å². The smallest absolute Gasteiger partial charge is 0.0339 e. The van der Waals surface area contributed by atoms with Crippen molar-refractivity contribution in [1.82, 2.24) is 4.90 Å². The first-order valence-electron chi connectivity index (χ1n) is 4.47. The molecule has 0 aliphatic carbocycles. The predicted octanol–water partition coefficient (Wildman–Crippen LogP) is 3.12. The number of rotatable bonds is 3. The lowest BCUT2D eigenvalue weighted by Crippen LogP contribution is -2.18. The van der Waals surface area contributed by atoms with Gasteiger partial charge in [-0.05, 0) is 26.1 Å². The van der Waals surface area contributed by atoms with Crippen LogP contribution in [-0.4, -0.2) is 19.0 Å². The molecule has 1 aromatic rings. The van der Waals surface area contributed by atoms with Crippen molar-refractivity contribution in [1.29, 1.82) is 0 Å². The first kappa shape index (κ1) is 12.5. The molecule has 1 atom stereocenters. The third-order valence-corrected chi connectivity index (χ3v) is 2.19. The Kier molecular flexibility index (Phi) is 5.76. The molecule has 0 aromatic heterocycles. The third kappa shape index (κ3) is 3.37. The summed E-state index contributed by atoms with van der Waals surface area (Å²) in [6.07, 6.45) is 1.16. The molecule has 0 fully saturated rings. The highest BCUT2D eigenvalue weighted by Gasteiger charge is 2.09. The molecule has 0 aliphatic heterocycles. The van der Waals surface area contributed by atoms with Crippen molar-refractivity contribution in [3.8, 4) is 0 Å². The topological polar surface area (TPSA) is 3.24 Å². The molecule has 0 bridgehead atoms. The van der Waals surface area contributed by atoms with E-state index in [-0.39, 0.29) is 12.4 Å². The summed E-state index contributed by atoms with van der Waals surface area (Å²) in [5.41, 5.74) is 1.41. The lowest BCUT2D eigenvalue weighted by molar-refractivity contribution is 0.292. The van der Waals surface area contributed by atoms with E-state index in [0.29, 0.717) is 6.04 Å². The van der Waals surface area contributed by atoms with Gasteiger partial charge in [0.1, 0.15) is 0 Å². The Labute approximate surface area is 87.2 Å². The van der Waals surface area contributed by atoms with Gasteiger partial charge in [-0.1, -0.05) is 37.3 Å². The largest absolute Gasteiger partial charge is 0.302 e. The van der Waals surface area contributed by atoms with Gasteiger partial charge in [0, 0.05) is 6.04 Å². The van der Waals surface area contributed by atoms with Crippen molar-refractivity contribution in [3.05, 3.63) is 35.9 Å². The summed E-state index contributed by atoms with van der Waals surface area (Å²) >= 11 is 0. The molecule has 0 N–H and O–H groups in total. The zero-order valence-corrected chi connectivity index (χ0v) is 9.34. The molecule has 13 heavy (non-hydrogen) atoms. The normalized spacial score (nSPS) is 12.3.